The van der Waals surface area contributed by atoms with E-state index < -0.39 is 10.0 Å². The Kier molecular flexibility index (Phi) is 3.52. The van der Waals surface area contributed by atoms with Gasteiger partial charge in [-0.3, -0.25) is 4.72 Å². The van der Waals surface area contributed by atoms with E-state index in [1.54, 1.807) is 12.1 Å². The molecule has 19 heavy (non-hydrogen) atoms. The Hall–Kier alpha value is -2.35. The van der Waals surface area contributed by atoms with Gasteiger partial charge in [-0.1, -0.05) is 0 Å². The highest BCUT2D eigenvalue weighted by molar-refractivity contribution is 7.92. The van der Waals surface area contributed by atoms with Gasteiger partial charge in [0.05, 0.1) is 19.0 Å². The Morgan fingerprint density at radius 1 is 1.16 bits per heavy atom. The van der Waals surface area contributed by atoms with Gasteiger partial charge in [0.2, 0.25) is 5.88 Å². The molecule has 0 spiro atoms. The van der Waals surface area contributed by atoms with Crippen LogP contribution in [0.4, 0.5) is 11.5 Å². The molecule has 0 aliphatic rings. The molecule has 0 unspecified atom stereocenters. The summed E-state index contributed by atoms with van der Waals surface area (Å²) in [5.74, 6) is 0.655. The number of nitrogens with zero attached hydrogens (tertiary/aromatic N) is 2. The van der Waals surface area contributed by atoms with E-state index >= 15 is 0 Å². The Balaban J connectivity index is 2.23. The molecule has 100 valence electrons. The number of rotatable bonds is 4. The van der Waals surface area contributed by atoms with Crippen LogP contribution in [0, 0.1) is 0 Å². The van der Waals surface area contributed by atoms with Crippen molar-refractivity contribution < 1.29 is 13.2 Å². The maximum Gasteiger partial charge on any atom is 0.263 e. The average Bonchev–Trinajstić information content (AvgIpc) is 2.40. The van der Waals surface area contributed by atoms with Gasteiger partial charge in [-0.25, -0.2) is 18.4 Å². The molecule has 0 fully saturated rings. The number of hydrogen-bond acceptors (Lipinski definition) is 6. The van der Waals surface area contributed by atoms with E-state index in [4.69, 9.17) is 10.5 Å². The van der Waals surface area contributed by atoms with E-state index in [9.17, 15) is 8.42 Å². The van der Waals surface area contributed by atoms with Gasteiger partial charge in [0, 0.05) is 12.3 Å². The molecule has 7 nitrogen and oxygen atoms in total. The molecule has 0 saturated heterocycles. The number of sulfonamides is 1. The highest BCUT2D eigenvalue weighted by atomic mass is 32.2. The van der Waals surface area contributed by atoms with Crippen LogP contribution < -0.4 is 15.2 Å². The Morgan fingerprint density at radius 2 is 1.95 bits per heavy atom. The molecule has 2 aromatic heterocycles. The van der Waals surface area contributed by atoms with Crippen molar-refractivity contribution in [1.82, 2.24) is 9.97 Å². The number of anilines is 2. The van der Waals surface area contributed by atoms with Gasteiger partial charge in [-0.2, -0.15) is 0 Å². The number of hydrogen-bond donors (Lipinski definition) is 2. The fourth-order valence-electron chi connectivity index (χ4n) is 1.33. The van der Waals surface area contributed by atoms with Crippen molar-refractivity contribution in [2.75, 3.05) is 17.6 Å². The summed E-state index contributed by atoms with van der Waals surface area (Å²) in [5.41, 5.74) is 5.74. The third kappa shape index (κ3) is 3.10. The molecule has 0 aliphatic carbocycles. The smallest absolute Gasteiger partial charge is 0.263 e. The van der Waals surface area contributed by atoms with Crippen molar-refractivity contribution in [2.45, 2.75) is 4.90 Å². The maximum absolute atomic E-state index is 12.0. The molecule has 0 saturated carbocycles. The third-order valence-corrected chi connectivity index (χ3v) is 3.63. The lowest BCUT2D eigenvalue weighted by Gasteiger charge is -2.08. The van der Waals surface area contributed by atoms with E-state index in [0.29, 0.717) is 11.6 Å². The summed E-state index contributed by atoms with van der Waals surface area (Å²) in [5, 5.41) is 0. The molecule has 2 aromatic rings. The van der Waals surface area contributed by atoms with Gasteiger partial charge < -0.3 is 10.5 Å². The summed E-state index contributed by atoms with van der Waals surface area (Å²) in [7, 11) is -2.22. The molecule has 0 radical (unpaired) electrons. The fourth-order valence-corrected chi connectivity index (χ4v) is 2.31. The van der Waals surface area contributed by atoms with E-state index in [-0.39, 0.29) is 10.7 Å². The van der Waals surface area contributed by atoms with E-state index in [0.717, 1.165) is 0 Å². The lowest BCUT2D eigenvalue weighted by atomic mass is 10.4. The number of nitrogens with one attached hydrogen (secondary N) is 1. The topological polar surface area (TPSA) is 107 Å². The highest BCUT2D eigenvalue weighted by Gasteiger charge is 2.14. The van der Waals surface area contributed by atoms with Gasteiger partial charge in [-0.15, -0.1) is 0 Å². The van der Waals surface area contributed by atoms with Crippen LogP contribution in [0.5, 0.6) is 5.88 Å². The zero-order valence-corrected chi connectivity index (χ0v) is 10.9. The number of methoxy groups -OCH3 is 1. The summed E-state index contributed by atoms with van der Waals surface area (Å²) in [6.45, 7) is 0. The van der Waals surface area contributed by atoms with Crippen LogP contribution in [-0.2, 0) is 10.0 Å². The number of aromatic nitrogens is 2. The first-order valence-electron chi connectivity index (χ1n) is 5.25. The SMILES string of the molecule is COc1ccc(NS(=O)(=O)c2ccc(N)nc2)cn1. The Morgan fingerprint density at radius 3 is 2.47 bits per heavy atom. The van der Waals surface area contributed by atoms with Crippen molar-refractivity contribution in [3.63, 3.8) is 0 Å². The summed E-state index contributed by atoms with van der Waals surface area (Å²) in [6, 6.07) is 5.90. The molecule has 0 aliphatic heterocycles. The Bertz CT molecular complexity index is 653. The fraction of sp³-hybridized carbons (Fsp3) is 0.0909. The van der Waals surface area contributed by atoms with Crippen molar-refractivity contribution in [3.8, 4) is 5.88 Å². The molecule has 0 aromatic carbocycles. The minimum Gasteiger partial charge on any atom is -0.481 e. The average molecular weight is 280 g/mol. The quantitative estimate of drug-likeness (QED) is 0.860. The van der Waals surface area contributed by atoms with Gasteiger partial charge in [-0.05, 0) is 18.2 Å². The lowest BCUT2D eigenvalue weighted by Crippen LogP contribution is -2.13. The van der Waals surface area contributed by atoms with Gasteiger partial charge in [0.1, 0.15) is 10.7 Å². The second kappa shape index (κ2) is 5.11. The molecule has 3 N–H and O–H groups in total. The summed E-state index contributed by atoms with van der Waals surface area (Å²) >= 11 is 0. The van der Waals surface area contributed by atoms with Gasteiger partial charge in [0.15, 0.2) is 0 Å². The van der Waals surface area contributed by atoms with Gasteiger partial charge >= 0.3 is 0 Å². The van der Waals surface area contributed by atoms with Crippen LogP contribution in [-0.4, -0.2) is 25.5 Å². The zero-order chi connectivity index (χ0) is 13.9. The number of nitrogen functional groups attached to an aromatic ring is 1. The Labute approximate surface area is 110 Å². The first kappa shape index (κ1) is 13.1. The van der Waals surface area contributed by atoms with Crippen LogP contribution in [0.3, 0.4) is 0 Å². The molecule has 0 bridgehead atoms. The standard InChI is InChI=1S/C11H12N4O3S/c1-18-11-5-2-8(6-14-11)15-19(16,17)9-3-4-10(12)13-7-9/h2-7,15H,1H3,(H2,12,13). The largest absolute Gasteiger partial charge is 0.481 e. The molecule has 8 heteroatoms. The normalized spacial score (nSPS) is 11.0. The summed E-state index contributed by atoms with van der Waals surface area (Å²) in [6.07, 6.45) is 2.55. The molecule has 0 amide bonds. The monoisotopic (exact) mass is 280 g/mol. The van der Waals surface area contributed by atoms with E-state index in [1.807, 2.05) is 0 Å². The third-order valence-electron chi connectivity index (χ3n) is 2.27. The van der Waals surface area contributed by atoms with Crippen LogP contribution in [0.2, 0.25) is 0 Å². The predicted molar refractivity (Wildman–Crippen MR) is 70.2 cm³/mol. The minimum absolute atomic E-state index is 0.0255. The summed E-state index contributed by atoms with van der Waals surface area (Å²) in [4.78, 5) is 7.67. The first-order valence-corrected chi connectivity index (χ1v) is 6.74. The second-order valence-corrected chi connectivity index (χ2v) is 5.30. The molecular formula is C11H12N4O3S. The molecule has 0 atom stereocenters. The minimum atomic E-state index is -3.70. The number of ether oxygens (including phenoxy) is 1. The van der Waals surface area contributed by atoms with Gasteiger partial charge in [0.25, 0.3) is 10.0 Å². The van der Waals surface area contributed by atoms with E-state index in [1.165, 1.54) is 31.6 Å². The molecule has 2 heterocycles. The number of pyridine rings is 2. The van der Waals surface area contributed by atoms with Crippen LogP contribution >= 0.6 is 0 Å². The zero-order valence-electron chi connectivity index (χ0n) is 10.1. The lowest BCUT2D eigenvalue weighted by molar-refractivity contribution is 0.398. The van der Waals surface area contributed by atoms with Crippen molar-refractivity contribution in [1.29, 1.82) is 0 Å². The predicted octanol–water partition coefficient (Wildman–Crippen LogP) is 0.868. The van der Waals surface area contributed by atoms with Crippen LogP contribution in [0.15, 0.2) is 41.6 Å². The first-order chi connectivity index (χ1) is 9.01. The summed E-state index contributed by atoms with van der Waals surface area (Å²) < 4.78 is 31.3. The molecular weight excluding hydrogens is 268 g/mol. The number of nitrogens with two attached hydrogens (primary N) is 1. The van der Waals surface area contributed by atoms with Crippen molar-refractivity contribution in [2.24, 2.45) is 0 Å². The van der Waals surface area contributed by atoms with E-state index in [2.05, 4.69) is 14.7 Å². The van der Waals surface area contributed by atoms with Crippen LogP contribution in [0.25, 0.3) is 0 Å². The second-order valence-electron chi connectivity index (χ2n) is 3.61. The molecule has 2 rings (SSSR count). The maximum atomic E-state index is 12.0. The van der Waals surface area contributed by atoms with Crippen LogP contribution in [0.1, 0.15) is 0 Å². The highest BCUT2D eigenvalue weighted by Crippen LogP contribution is 2.16. The van der Waals surface area contributed by atoms with Crippen molar-refractivity contribution in [3.05, 3.63) is 36.7 Å². The van der Waals surface area contributed by atoms with Crippen molar-refractivity contribution >= 4 is 21.5 Å².